The van der Waals surface area contributed by atoms with Gasteiger partial charge in [-0.25, -0.2) is 4.98 Å². The van der Waals surface area contributed by atoms with Crippen LogP contribution in [0, 0.1) is 0 Å². The Morgan fingerprint density at radius 1 is 1.07 bits per heavy atom. The molecule has 1 aliphatic carbocycles. The van der Waals surface area contributed by atoms with Crippen LogP contribution in [0.25, 0.3) is 10.9 Å². The average Bonchev–Trinajstić information content (AvgIpc) is 2.67. The standard InChI is InChI=1S/C23H26ClN3O/c1-27(2)22-15-23(26-21-12-4-3-11-20(21)22)25-17-8-6-10-19(14-17)28-18-9-5-7-16(24)13-18/h3-5,7,9,11-13,15,17,19H,6,8,10,14H2,1-2H3,(H,25,26). The van der Waals surface area contributed by atoms with Gasteiger partial charge >= 0.3 is 0 Å². The van der Waals surface area contributed by atoms with Crippen molar-refractivity contribution in [2.75, 3.05) is 24.3 Å². The molecule has 5 heteroatoms. The summed E-state index contributed by atoms with van der Waals surface area (Å²) in [7, 11) is 4.14. The van der Waals surface area contributed by atoms with E-state index in [0.29, 0.717) is 11.1 Å². The second-order valence-electron chi connectivity index (χ2n) is 7.64. The Labute approximate surface area is 171 Å². The first-order chi connectivity index (χ1) is 13.6. The van der Waals surface area contributed by atoms with E-state index in [0.717, 1.165) is 42.8 Å². The van der Waals surface area contributed by atoms with Gasteiger partial charge in [0.1, 0.15) is 17.7 Å². The molecule has 1 heterocycles. The zero-order valence-corrected chi connectivity index (χ0v) is 17.1. The van der Waals surface area contributed by atoms with Crippen molar-refractivity contribution in [1.29, 1.82) is 0 Å². The molecule has 2 aromatic carbocycles. The van der Waals surface area contributed by atoms with Crippen LogP contribution in [-0.2, 0) is 0 Å². The molecule has 1 aromatic heterocycles. The van der Waals surface area contributed by atoms with E-state index in [1.807, 2.05) is 30.3 Å². The Morgan fingerprint density at radius 2 is 1.93 bits per heavy atom. The lowest BCUT2D eigenvalue weighted by Gasteiger charge is -2.31. The highest BCUT2D eigenvalue weighted by Crippen LogP contribution is 2.30. The lowest BCUT2D eigenvalue weighted by atomic mass is 9.92. The summed E-state index contributed by atoms with van der Waals surface area (Å²) in [5.41, 5.74) is 2.19. The zero-order valence-electron chi connectivity index (χ0n) is 16.4. The minimum Gasteiger partial charge on any atom is -0.490 e. The molecule has 3 aromatic rings. The molecule has 146 valence electrons. The second-order valence-corrected chi connectivity index (χ2v) is 8.08. The van der Waals surface area contributed by atoms with E-state index >= 15 is 0 Å². The van der Waals surface area contributed by atoms with Crippen molar-refractivity contribution in [3.8, 4) is 5.75 Å². The normalized spacial score (nSPS) is 19.4. The van der Waals surface area contributed by atoms with Crippen molar-refractivity contribution in [3.63, 3.8) is 0 Å². The molecule has 0 radical (unpaired) electrons. The Bertz CT molecular complexity index is 959. The number of halogens is 1. The highest BCUT2D eigenvalue weighted by molar-refractivity contribution is 6.30. The van der Waals surface area contributed by atoms with Gasteiger partial charge < -0.3 is 15.0 Å². The SMILES string of the molecule is CN(C)c1cc(NC2CCCC(Oc3cccc(Cl)c3)C2)nc2ccccc12. The predicted molar refractivity (Wildman–Crippen MR) is 118 cm³/mol. The maximum absolute atomic E-state index is 6.18. The number of hydrogen-bond acceptors (Lipinski definition) is 4. The first kappa shape index (κ1) is 18.9. The van der Waals surface area contributed by atoms with Crippen molar-refractivity contribution in [2.24, 2.45) is 0 Å². The van der Waals surface area contributed by atoms with Crippen molar-refractivity contribution in [1.82, 2.24) is 4.98 Å². The van der Waals surface area contributed by atoms with Gasteiger partial charge in [-0.15, -0.1) is 0 Å². The van der Waals surface area contributed by atoms with E-state index in [9.17, 15) is 0 Å². The number of para-hydroxylation sites is 1. The van der Waals surface area contributed by atoms with Gasteiger partial charge in [0.2, 0.25) is 0 Å². The van der Waals surface area contributed by atoms with E-state index in [4.69, 9.17) is 21.3 Å². The van der Waals surface area contributed by atoms with E-state index in [1.54, 1.807) is 0 Å². The Hall–Kier alpha value is -2.46. The summed E-state index contributed by atoms with van der Waals surface area (Å²) in [4.78, 5) is 6.98. The number of anilines is 2. The van der Waals surface area contributed by atoms with Crippen LogP contribution in [0.2, 0.25) is 5.02 Å². The number of pyridine rings is 1. The molecule has 1 N–H and O–H groups in total. The van der Waals surface area contributed by atoms with Gasteiger partial charge in [-0.3, -0.25) is 0 Å². The Balaban J connectivity index is 1.49. The minimum atomic E-state index is 0.193. The smallest absolute Gasteiger partial charge is 0.128 e. The number of aromatic nitrogens is 1. The third-order valence-corrected chi connectivity index (χ3v) is 5.49. The van der Waals surface area contributed by atoms with Crippen LogP contribution in [0.5, 0.6) is 5.75 Å². The highest BCUT2D eigenvalue weighted by Gasteiger charge is 2.24. The van der Waals surface area contributed by atoms with Crippen LogP contribution in [0.1, 0.15) is 25.7 Å². The molecule has 2 unspecified atom stereocenters. The van der Waals surface area contributed by atoms with Crippen molar-refractivity contribution >= 4 is 34.0 Å². The van der Waals surface area contributed by atoms with Gasteiger partial charge in [0.25, 0.3) is 0 Å². The van der Waals surface area contributed by atoms with Crippen LogP contribution in [0.4, 0.5) is 11.5 Å². The molecule has 4 rings (SSSR count). The zero-order chi connectivity index (χ0) is 19.5. The van der Waals surface area contributed by atoms with Crippen molar-refractivity contribution in [3.05, 3.63) is 59.6 Å². The fraction of sp³-hybridized carbons (Fsp3) is 0.348. The topological polar surface area (TPSA) is 37.4 Å². The molecule has 0 saturated heterocycles. The summed E-state index contributed by atoms with van der Waals surface area (Å²) < 4.78 is 6.18. The third-order valence-electron chi connectivity index (χ3n) is 5.25. The lowest BCUT2D eigenvalue weighted by molar-refractivity contribution is 0.148. The molecular formula is C23H26ClN3O. The summed E-state index contributed by atoms with van der Waals surface area (Å²) in [6.45, 7) is 0. The lowest BCUT2D eigenvalue weighted by Crippen LogP contribution is -2.33. The number of ether oxygens (including phenoxy) is 1. The Morgan fingerprint density at radius 3 is 2.75 bits per heavy atom. The first-order valence-corrected chi connectivity index (χ1v) is 10.2. The molecule has 2 atom stereocenters. The maximum Gasteiger partial charge on any atom is 0.128 e. The molecule has 4 nitrogen and oxygen atoms in total. The molecule has 0 aliphatic heterocycles. The fourth-order valence-electron chi connectivity index (χ4n) is 3.93. The number of rotatable bonds is 5. The highest BCUT2D eigenvalue weighted by atomic mass is 35.5. The van der Waals surface area contributed by atoms with Gasteiger partial charge in [0, 0.05) is 48.7 Å². The summed E-state index contributed by atoms with van der Waals surface area (Å²) in [5, 5.41) is 5.53. The molecular weight excluding hydrogens is 370 g/mol. The molecule has 1 fully saturated rings. The van der Waals surface area contributed by atoms with Gasteiger partial charge in [-0.05, 0) is 43.5 Å². The van der Waals surface area contributed by atoms with Crippen LogP contribution >= 0.6 is 11.6 Å². The van der Waals surface area contributed by atoms with E-state index in [1.165, 1.54) is 11.1 Å². The van der Waals surface area contributed by atoms with Crippen LogP contribution in [0.15, 0.2) is 54.6 Å². The van der Waals surface area contributed by atoms with E-state index < -0.39 is 0 Å². The fourth-order valence-corrected chi connectivity index (χ4v) is 4.11. The first-order valence-electron chi connectivity index (χ1n) is 9.84. The van der Waals surface area contributed by atoms with Gasteiger partial charge in [-0.1, -0.05) is 35.9 Å². The van der Waals surface area contributed by atoms with Crippen LogP contribution in [0.3, 0.4) is 0 Å². The van der Waals surface area contributed by atoms with Crippen molar-refractivity contribution in [2.45, 2.75) is 37.8 Å². The maximum atomic E-state index is 6.18. The molecule has 1 aliphatic rings. The summed E-state index contributed by atoms with van der Waals surface area (Å²) >= 11 is 6.08. The van der Waals surface area contributed by atoms with Crippen LogP contribution < -0.4 is 15.0 Å². The number of nitrogens with one attached hydrogen (secondary N) is 1. The summed E-state index contributed by atoms with van der Waals surface area (Å²) in [6.07, 6.45) is 4.48. The van der Waals surface area contributed by atoms with E-state index in [2.05, 4.69) is 48.6 Å². The summed E-state index contributed by atoms with van der Waals surface area (Å²) in [5.74, 6) is 1.77. The number of nitrogens with zero attached hydrogens (tertiary/aromatic N) is 2. The summed E-state index contributed by atoms with van der Waals surface area (Å²) in [6, 6.07) is 18.4. The van der Waals surface area contributed by atoms with Crippen LogP contribution in [-0.4, -0.2) is 31.2 Å². The van der Waals surface area contributed by atoms with Gasteiger partial charge in [0.05, 0.1) is 5.52 Å². The average molecular weight is 396 g/mol. The molecule has 0 bridgehead atoms. The number of benzene rings is 2. The van der Waals surface area contributed by atoms with Gasteiger partial charge in [-0.2, -0.15) is 0 Å². The number of fused-ring (bicyclic) bond motifs is 1. The van der Waals surface area contributed by atoms with E-state index in [-0.39, 0.29) is 6.10 Å². The monoisotopic (exact) mass is 395 g/mol. The number of hydrogen-bond donors (Lipinski definition) is 1. The largest absolute Gasteiger partial charge is 0.490 e. The van der Waals surface area contributed by atoms with Gasteiger partial charge in [0.15, 0.2) is 0 Å². The molecule has 1 saturated carbocycles. The quantitative estimate of drug-likeness (QED) is 0.596. The van der Waals surface area contributed by atoms with Crippen molar-refractivity contribution < 1.29 is 4.74 Å². The molecule has 0 amide bonds. The molecule has 0 spiro atoms. The Kier molecular flexibility index (Phi) is 5.58. The third kappa shape index (κ3) is 4.33. The molecule has 28 heavy (non-hydrogen) atoms. The second kappa shape index (κ2) is 8.27. The predicted octanol–water partition coefficient (Wildman–Crippen LogP) is 5.76. The minimum absolute atomic E-state index is 0.193.